The first kappa shape index (κ1) is 13.4. The van der Waals surface area contributed by atoms with Crippen molar-refractivity contribution in [2.75, 3.05) is 19.8 Å². The molecule has 0 amide bonds. The van der Waals surface area contributed by atoms with Crippen molar-refractivity contribution >= 4 is 0 Å². The Balaban J connectivity index is 1.50. The first-order valence-electron chi connectivity index (χ1n) is 7.58. The lowest BCUT2D eigenvalue weighted by atomic mass is 9.79. The van der Waals surface area contributed by atoms with Crippen molar-refractivity contribution in [2.24, 2.45) is 17.8 Å². The van der Waals surface area contributed by atoms with Gasteiger partial charge < -0.3 is 10.1 Å². The van der Waals surface area contributed by atoms with E-state index >= 15 is 0 Å². The molecule has 100 valence electrons. The summed E-state index contributed by atoms with van der Waals surface area (Å²) >= 11 is 0. The highest BCUT2D eigenvalue weighted by Gasteiger charge is 2.26. The maximum atomic E-state index is 5.66. The van der Waals surface area contributed by atoms with E-state index in [-0.39, 0.29) is 0 Å². The molecule has 2 aliphatic carbocycles. The fraction of sp³-hybridized carbons (Fsp3) is 1.00. The third-order valence-corrected chi connectivity index (χ3v) is 4.44. The van der Waals surface area contributed by atoms with Gasteiger partial charge in [-0.3, -0.25) is 0 Å². The van der Waals surface area contributed by atoms with Crippen LogP contribution in [0.15, 0.2) is 0 Å². The van der Waals surface area contributed by atoms with Gasteiger partial charge in [-0.05, 0) is 56.4 Å². The molecule has 0 aromatic carbocycles. The number of ether oxygens (including phenoxy) is 1. The summed E-state index contributed by atoms with van der Waals surface area (Å²) in [6.07, 6.45) is 8.19. The van der Waals surface area contributed by atoms with Gasteiger partial charge in [-0.15, -0.1) is 0 Å². The van der Waals surface area contributed by atoms with Crippen molar-refractivity contribution in [1.82, 2.24) is 5.32 Å². The van der Waals surface area contributed by atoms with Crippen LogP contribution in [0.1, 0.15) is 52.4 Å². The van der Waals surface area contributed by atoms with Gasteiger partial charge in [0, 0.05) is 19.3 Å². The molecule has 2 fully saturated rings. The van der Waals surface area contributed by atoms with Gasteiger partial charge in [0.15, 0.2) is 0 Å². The largest absolute Gasteiger partial charge is 0.381 e. The molecular weight excluding hydrogens is 210 g/mol. The molecular formula is C15H29NO. The third kappa shape index (κ3) is 4.59. The van der Waals surface area contributed by atoms with E-state index in [0.29, 0.717) is 0 Å². The molecule has 0 saturated heterocycles. The molecule has 2 atom stereocenters. The standard InChI is InChI=1S/C15H29NO/c1-12-5-3-6-13(2)15(12)16-9-4-10-17-11-14-7-8-14/h12-16H,3-11H2,1-2H3. The number of hydrogen-bond acceptors (Lipinski definition) is 2. The Bertz CT molecular complexity index is 205. The Kier molecular flexibility index (Phi) is 5.30. The molecule has 2 rings (SSSR count). The molecule has 0 aromatic heterocycles. The zero-order valence-corrected chi connectivity index (χ0v) is 11.6. The normalized spacial score (nSPS) is 33.9. The molecule has 2 aliphatic rings. The van der Waals surface area contributed by atoms with Crippen molar-refractivity contribution in [3.63, 3.8) is 0 Å². The average molecular weight is 239 g/mol. The molecule has 2 nitrogen and oxygen atoms in total. The molecule has 0 radical (unpaired) electrons. The molecule has 17 heavy (non-hydrogen) atoms. The second-order valence-electron chi connectivity index (χ2n) is 6.24. The first-order valence-corrected chi connectivity index (χ1v) is 7.58. The lowest BCUT2D eigenvalue weighted by molar-refractivity contribution is 0.118. The summed E-state index contributed by atoms with van der Waals surface area (Å²) in [5.74, 6) is 2.61. The van der Waals surface area contributed by atoms with E-state index in [1.54, 1.807) is 0 Å². The predicted molar refractivity (Wildman–Crippen MR) is 72.1 cm³/mol. The molecule has 0 heterocycles. The second-order valence-corrected chi connectivity index (χ2v) is 6.24. The Hall–Kier alpha value is -0.0800. The molecule has 0 bridgehead atoms. The van der Waals surface area contributed by atoms with E-state index in [1.807, 2.05) is 0 Å². The van der Waals surface area contributed by atoms with Crippen LogP contribution in [0.5, 0.6) is 0 Å². The monoisotopic (exact) mass is 239 g/mol. The van der Waals surface area contributed by atoms with E-state index in [2.05, 4.69) is 19.2 Å². The highest BCUT2D eigenvalue weighted by atomic mass is 16.5. The Morgan fingerprint density at radius 1 is 1.06 bits per heavy atom. The van der Waals surface area contributed by atoms with E-state index in [4.69, 9.17) is 4.74 Å². The highest BCUT2D eigenvalue weighted by molar-refractivity contribution is 4.83. The zero-order chi connectivity index (χ0) is 12.1. The fourth-order valence-electron chi connectivity index (χ4n) is 3.06. The topological polar surface area (TPSA) is 21.3 Å². The van der Waals surface area contributed by atoms with Gasteiger partial charge in [-0.25, -0.2) is 0 Å². The van der Waals surface area contributed by atoms with E-state index in [1.165, 1.54) is 38.5 Å². The quantitative estimate of drug-likeness (QED) is 0.689. The summed E-state index contributed by atoms with van der Waals surface area (Å²) in [6, 6.07) is 0.743. The van der Waals surface area contributed by atoms with Crippen LogP contribution in [0.4, 0.5) is 0 Å². The summed E-state index contributed by atoms with van der Waals surface area (Å²) in [4.78, 5) is 0. The molecule has 0 aliphatic heterocycles. The van der Waals surface area contributed by atoms with Gasteiger partial charge in [-0.1, -0.05) is 20.3 Å². The van der Waals surface area contributed by atoms with Crippen LogP contribution < -0.4 is 5.32 Å². The van der Waals surface area contributed by atoms with Crippen LogP contribution in [0.3, 0.4) is 0 Å². The van der Waals surface area contributed by atoms with Crippen LogP contribution in [0.25, 0.3) is 0 Å². The minimum Gasteiger partial charge on any atom is -0.381 e. The van der Waals surface area contributed by atoms with Gasteiger partial charge in [-0.2, -0.15) is 0 Å². The Labute approximate surface area is 107 Å². The van der Waals surface area contributed by atoms with Crippen LogP contribution in [-0.2, 0) is 4.74 Å². The van der Waals surface area contributed by atoms with Crippen LogP contribution in [-0.4, -0.2) is 25.8 Å². The third-order valence-electron chi connectivity index (χ3n) is 4.44. The smallest absolute Gasteiger partial charge is 0.0494 e. The molecule has 2 unspecified atom stereocenters. The summed E-state index contributed by atoms with van der Waals surface area (Å²) in [5, 5.41) is 3.74. The molecule has 0 aromatic rings. The number of rotatable bonds is 7. The lowest BCUT2D eigenvalue weighted by Crippen LogP contribution is -2.43. The summed E-state index contributed by atoms with van der Waals surface area (Å²) in [7, 11) is 0. The summed E-state index contributed by atoms with van der Waals surface area (Å²) in [5.41, 5.74) is 0. The molecule has 2 heteroatoms. The van der Waals surface area contributed by atoms with Crippen molar-refractivity contribution in [2.45, 2.75) is 58.4 Å². The number of nitrogens with one attached hydrogen (secondary N) is 1. The van der Waals surface area contributed by atoms with Crippen molar-refractivity contribution in [1.29, 1.82) is 0 Å². The number of hydrogen-bond donors (Lipinski definition) is 1. The zero-order valence-electron chi connectivity index (χ0n) is 11.6. The fourth-order valence-corrected chi connectivity index (χ4v) is 3.06. The summed E-state index contributed by atoms with van der Waals surface area (Å²) in [6.45, 7) is 7.88. The molecule has 2 saturated carbocycles. The highest BCUT2D eigenvalue weighted by Crippen LogP contribution is 2.29. The van der Waals surface area contributed by atoms with Crippen molar-refractivity contribution in [3.8, 4) is 0 Å². The van der Waals surface area contributed by atoms with Gasteiger partial charge in [0.1, 0.15) is 0 Å². The maximum Gasteiger partial charge on any atom is 0.0494 e. The lowest BCUT2D eigenvalue weighted by Gasteiger charge is -2.35. The van der Waals surface area contributed by atoms with E-state index in [9.17, 15) is 0 Å². The van der Waals surface area contributed by atoms with Crippen LogP contribution >= 0.6 is 0 Å². The minimum atomic E-state index is 0.743. The van der Waals surface area contributed by atoms with Crippen LogP contribution in [0, 0.1) is 17.8 Å². The molecule has 1 N–H and O–H groups in total. The van der Waals surface area contributed by atoms with Crippen molar-refractivity contribution < 1.29 is 4.74 Å². The van der Waals surface area contributed by atoms with Gasteiger partial charge in [0.2, 0.25) is 0 Å². The van der Waals surface area contributed by atoms with Gasteiger partial charge in [0.05, 0.1) is 0 Å². The predicted octanol–water partition coefficient (Wildman–Crippen LogP) is 3.22. The van der Waals surface area contributed by atoms with E-state index < -0.39 is 0 Å². The second kappa shape index (κ2) is 6.75. The summed E-state index contributed by atoms with van der Waals surface area (Å²) < 4.78 is 5.66. The first-order chi connectivity index (χ1) is 8.27. The van der Waals surface area contributed by atoms with Gasteiger partial charge >= 0.3 is 0 Å². The van der Waals surface area contributed by atoms with E-state index in [0.717, 1.165) is 43.6 Å². The SMILES string of the molecule is CC1CCCC(C)C1NCCCOCC1CC1. The average Bonchev–Trinajstić information content (AvgIpc) is 3.10. The van der Waals surface area contributed by atoms with Crippen LogP contribution in [0.2, 0.25) is 0 Å². The Morgan fingerprint density at radius 2 is 1.76 bits per heavy atom. The molecule has 0 spiro atoms. The minimum absolute atomic E-state index is 0.743. The Morgan fingerprint density at radius 3 is 2.41 bits per heavy atom. The van der Waals surface area contributed by atoms with Gasteiger partial charge in [0.25, 0.3) is 0 Å². The van der Waals surface area contributed by atoms with Crippen molar-refractivity contribution in [3.05, 3.63) is 0 Å². The maximum absolute atomic E-state index is 5.66.